The third-order valence-electron chi connectivity index (χ3n) is 3.72. The van der Waals surface area contributed by atoms with Gasteiger partial charge >= 0.3 is 0 Å². The summed E-state index contributed by atoms with van der Waals surface area (Å²) in [6, 6.07) is 0. The smallest absolute Gasteiger partial charge is 0.104 e. The first-order valence-corrected chi connectivity index (χ1v) is 5.49. The van der Waals surface area contributed by atoms with Gasteiger partial charge in [-0.15, -0.1) is 6.58 Å². The lowest BCUT2D eigenvalue weighted by Gasteiger charge is -2.37. The Balaban J connectivity index is 1.91. The summed E-state index contributed by atoms with van der Waals surface area (Å²) in [4.78, 5) is 0. The third kappa shape index (κ3) is 1.76. The third-order valence-corrected chi connectivity index (χ3v) is 3.72. The van der Waals surface area contributed by atoms with Gasteiger partial charge in [-0.3, -0.25) is 0 Å². The monoisotopic (exact) mass is 162 g/mol. The van der Waals surface area contributed by atoms with E-state index in [4.69, 9.17) is 0 Å². The molecule has 0 radical (unpaired) electrons. The molecule has 0 aromatic rings. The van der Waals surface area contributed by atoms with Crippen molar-refractivity contribution in [3.8, 4) is 0 Å². The lowest BCUT2D eigenvalue weighted by Crippen LogP contribution is -2.31. The minimum absolute atomic E-state index is 0.992. The van der Waals surface area contributed by atoms with Crippen LogP contribution in [0.25, 0.3) is 0 Å². The van der Waals surface area contributed by atoms with E-state index in [1.165, 1.54) is 38.2 Å². The lowest BCUT2D eigenvalue weighted by molar-refractivity contribution is 0.282. The summed E-state index contributed by atoms with van der Waals surface area (Å²) >= 11 is 0. The van der Waals surface area contributed by atoms with Gasteiger partial charge in [0.25, 0.3) is 0 Å². The van der Waals surface area contributed by atoms with Crippen LogP contribution in [0.15, 0.2) is 12.7 Å². The maximum Gasteiger partial charge on any atom is 0.144 e. The van der Waals surface area contributed by atoms with E-state index in [2.05, 4.69) is 12.7 Å². The molecule has 0 nitrogen and oxygen atoms in total. The van der Waals surface area contributed by atoms with Gasteiger partial charge in [-0.2, -0.15) is 0 Å². The molecular formula is C11H19B. The topological polar surface area (TPSA) is 0 Å². The largest absolute Gasteiger partial charge is 0.144 e. The van der Waals surface area contributed by atoms with Gasteiger partial charge in [-0.1, -0.05) is 44.3 Å². The molecule has 0 aromatic carbocycles. The highest BCUT2D eigenvalue weighted by atomic mass is 14.3. The molecular weight excluding hydrogens is 143 g/mol. The van der Waals surface area contributed by atoms with Crippen LogP contribution in [0.3, 0.4) is 0 Å². The van der Waals surface area contributed by atoms with Crippen LogP contribution in [0, 0.1) is 11.8 Å². The molecule has 2 fully saturated rings. The van der Waals surface area contributed by atoms with Crippen molar-refractivity contribution in [2.24, 2.45) is 11.8 Å². The van der Waals surface area contributed by atoms with Crippen molar-refractivity contribution in [1.29, 1.82) is 0 Å². The maximum absolute atomic E-state index is 3.85. The quantitative estimate of drug-likeness (QED) is 0.430. The fourth-order valence-corrected chi connectivity index (χ4v) is 3.30. The molecule has 1 saturated carbocycles. The van der Waals surface area contributed by atoms with Crippen molar-refractivity contribution in [3.05, 3.63) is 12.7 Å². The molecule has 0 spiro atoms. The first-order chi connectivity index (χ1) is 5.88. The van der Waals surface area contributed by atoms with Gasteiger partial charge < -0.3 is 0 Å². The van der Waals surface area contributed by atoms with Gasteiger partial charge in [-0.25, -0.2) is 0 Å². The van der Waals surface area contributed by atoms with Crippen LogP contribution in [-0.2, 0) is 0 Å². The molecule has 1 aliphatic heterocycles. The Morgan fingerprint density at radius 2 is 1.92 bits per heavy atom. The van der Waals surface area contributed by atoms with Gasteiger partial charge in [0.2, 0.25) is 0 Å². The molecule has 2 aliphatic rings. The predicted molar refractivity (Wildman–Crippen MR) is 55.8 cm³/mol. The van der Waals surface area contributed by atoms with Gasteiger partial charge in [0.1, 0.15) is 6.71 Å². The zero-order valence-electron chi connectivity index (χ0n) is 7.97. The molecule has 12 heavy (non-hydrogen) atoms. The van der Waals surface area contributed by atoms with Crippen LogP contribution in [0.4, 0.5) is 0 Å². The molecule has 0 aromatic heterocycles. The van der Waals surface area contributed by atoms with E-state index in [9.17, 15) is 0 Å². The normalized spacial score (nSPS) is 34.8. The summed E-state index contributed by atoms with van der Waals surface area (Å²) in [6.07, 6.45) is 12.5. The van der Waals surface area contributed by atoms with Crippen LogP contribution in [0.2, 0.25) is 19.0 Å². The Kier molecular flexibility index (Phi) is 2.58. The molecule has 0 amide bonds. The highest BCUT2D eigenvalue weighted by molar-refractivity contribution is 6.59. The molecule has 2 bridgehead atoms. The molecule has 66 valence electrons. The Morgan fingerprint density at radius 1 is 1.25 bits per heavy atom. The van der Waals surface area contributed by atoms with E-state index >= 15 is 0 Å². The Bertz CT molecular complexity index is 152. The molecule has 1 saturated heterocycles. The minimum atomic E-state index is 0.992. The van der Waals surface area contributed by atoms with Crippen LogP contribution in [0.5, 0.6) is 0 Å². The van der Waals surface area contributed by atoms with Crippen LogP contribution < -0.4 is 0 Å². The van der Waals surface area contributed by atoms with Crippen molar-refractivity contribution in [1.82, 2.24) is 0 Å². The first-order valence-electron chi connectivity index (χ1n) is 5.49. The summed E-state index contributed by atoms with van der Waals surface area (Å²) in [5, 5.41) is 0. The van der Waals surface area contributed by atoms with Crippen molar-refractivity contribution in [2.75, 3.05) is 0 Å². The van der Waals surface area contributed by atoms with Gasteiger partial charge in [-0.05, 0) is 18.3 Å². The summed E-state index contributed by atoms with van der Waals surface area (Å²) in [5.74, 6) is 2.17. The second kappa shape index (κ2) is 3.68. The van der Waals surface area contributed by atoms with E-state index in [0.717, 1.165) is 18.5 Å². The van der Waals surface area contributed by atoms with Crippen LogP contribution in [-0.4, -0.2) is 6.71 Å². The highest BCUT2D eigenvalue weighted by Gasteiger charge is 2.32. The van der Waals surface area contributed by atoms with Crippen molar-refractivity contribution in [2.45, 2.75) is 44.6 Å². The molecule has 1 heterocycles. The fourth-order valence-electron chi connectivity index (χ4n) is 3.30. The van der Waals surface area contributed by atoms with E-state index in [1.807, 2.05) is 0 Å². The summed E-state index contributed by atoms with van der Waals surface area (Å²) in [6.45, 7) is 4.84. The zero-order valence-corrected chi connectivity index (χ0v) is 7.97. The SMILES string of the molecule is C=CCB1CC2CCCC(C1)C2. The molecule has 2 atom stereocenters. The molecule has 1 aliphatic carbocycles. The second-order valence-corrected chi connectivity index (χ2v) is 4.76. The van der Waals surface area contributed by atoms with Crippen molar-refractivity contribution >= 4 is 6.71 Å². The standard InChI is InChI=1S/C11H19B/c1-2-6-12-8-10-4-3-5-11(7-10)9-12/h2,10-11H,1,3-9H2. The summed E-state index contributed by atoms with van der Waals surface area (Å²) in [5.41, 5.74) is 0. The minimum Gasteiger partial charge on any atom is -0.104 e. The fraction of sp³-hybridized carbons (Fsp3) is 0.818. The van der Waals surface area contributed by atoms with E-state index in [-0.39, 0.29) is 0 Å². The summed E-state index contributed by atoms with van der Waals surface area (Å²) < 4.78 is 0. The number of hydrogen-bond donors (Lipinski definition) is 0. The molecule has 1 heteroatoms. The van der Waals surface area contributed by atoms with E-state index in [1.54, 1.807) is 6.42 Å². The van der Waals surface area contributed by atoms with E-state index in [0.29, 0.717) is 0 Å². The average Bonchev–Trinajstić information content (AvgIpc) is 2.04. The van der Waals surface area contributed by atoms with Gasteiger partial charge in [0, 0.05) is 0 Å². The summed E-state index contributed by atoms with van der Waals surface area (Å²) in [7, 11) is 0. The zero-order chi connectivity index (χ0) is 8.39. The Morgan fingerprint density at radius 3 is 2.50 bits per heavy atom. The van der Waals surface area contributed by atoms with Gasteiger partial charge in [0.15, 0.2) is 0 Å². The molecule has 2 rings (SSSR count). The average molecular weight is 162 g/mol. The van der Waals surface area contributed by atoms with Crippen LogP contribution >= 0.6 is 0 Å². The number of hydrogen-bond acceptors (Lipinski definition) is 0. The first kappa shape index (κ1) is 8.41. The molecule has 2 unspecified atom stereocenters. The van der Waals surface area contributed by atoms with E-state index < -0.39 is 0 Å². The van der Waals surface area contributed by atoms with Crippen LogP contribution in [0.1, 0.15) is 25.7 Å². The number of fused-ring (bicyclic) bond motifs is 2. The Labute approximate surface area is 76.5 Å². The highest BCUT2D eigenvalue weighted by Crippen LogP contribution is 2.41. The lowest BCUT2D eigenvalue weighted by atomic mass is 9.35. The Hall–Kier alpha value is -0.195. The second-order valence-electron chi connectivity index (χ2n) is 4.76. The predicted octanol–water partition coefficient (Wildman–Crippen LogP) is 3.49. The number of allylic oxidation sites excluding steroid dienone is 1. The maximum atomic E-state index is 3.85. The number of rotatable bonds is 2. The molecule has 0 N–H and O–H groups in total. The van der Waals surface area contributed by atoms with Crippen molar-refractivity contribution in [3.63, 3.8) is 0 Å². The van der Waals surface area contributed by atoms with Gasteiger partial charge in [0.05, 0.1) is 0 Å². The van der Waals surface area contributed by atoms with Crippen molar-refractivity contribution < 1.29 is 0 Å².